The van der Waals surface area contributed by atoms with Gasteiger partial charge in [-0.25, -0.2) is 4.39 Å². The minimum absolute atomic E-state index is 0.0537. The Morgan fingerprint density at radius 2 is 2.17 bits per heavy atom. The van der Waals surface area contributed by atoms with Crippen molar-refractivity contribution >= 4 is 17.6 Å². The second-order valence-electron chi connectivity index (χ2n) is 4.02. The smallest absolute Gasteiger partial charge is 0.306 e. The lowest BCUT2D eigenvalue weighted by Gasteiger charge is -2.09. The third kappa shape index (κ3) is 3.73. The van der Waals surface area contributed by atoms with Crippen molar-refractivity contribution in [1.82, 2.24) is 5.32 Å². The summed E-state index contributed by atoms with van der Waals surface area (Å²) < 4.78 is 13.0. The first kappa shape index (κ1) is 14.0. The van der Waals surface area contributed by atoms with Gasteiger partial charge in [0.15, 0.2) is 0 Å². The maximum absolute atomic E-state index is 13.0. The molecule has 0 saturated carbocycles. The number of nitrogens with one attached hydrogen (secondary N) is 1. The number of nitrogen functional groups attached to an aromatic ring is 1. The molecular weight excluding hydrogens is 239 g/mol. The molecule has 0 spiro atoms. The average Bonchev–Trinajstić information content (AvgIpc) is 2.31. The number of aliphatic carboxylic acids is 1. The number of halogens is 1. The van der Waals surface area contributed by atoms with Gasteiger partial charge >= 0.3 is 5.97 Å². The first-order chi connectivity index (χ1) is 8.41. The summed E-state index contributed by atoms with van der Waals surface area (Å²) in [6.45, 7) is 1.74. The van der Waals surface area contributed by atoms with Gasteiger partial charge in [-0.05, 0) is 24.6 Å². The number of carboxylic acid groups (broad SMARTS) is 1. The molecular formula is C12H15FN2O3. The van der Waals surface area contributed by atoms with E-state index in [2.05, 4.69) is 5.32 Å². The van der Waals surface area contributed by atoms with Crippen LogP contribution in [-0.4, -0.2) is 23.5 Å². The predicted octanol–water partition coefficient (Wildman–Crippen LogP) is 1.25. The Hall–Kier alpha value is -2.11. The van der Waals surface area contributed by atoms with Crippen LogP contribution in [0.2, 0.25) is 0 Å². The van der Waals surface area contributed by atoms with Crippen molar-refractivity contribution in [2.24, 2.45) is 5.92 Å². The number of rotatable bonds is 5. The van der Waals surface area contributed by atoms with E-state index in [1.165, 1.54) is 12.1 Å². The number of anilines is 1. The molecule has 0 aliphatic carbocycles. The Bertz CT molecular complexity index is 463. The Balaban J connectivity index is 2.55. The van der Waals surface area contributed by atoms with Gasteiger partial charge in [0.1, 0.15) is 5.82 Å². The van der Waals surface area contributed by atoms with Gasteiger partial charge in [0.05, 0.1) is 11.5 Å². The van der Waals surface area contributed by atoms with Crippen LogP contribution >= 0.6 is 0 Å². The van der Waals surface area contributed by atoms with E-state index in [1.54, 1.807) is 6.92 Å². The number of carbonyl (C=O) groups excluding carboxylic acids is 1. The first-order valence-corrected chi connectivity index (χ1v) is 5.48. The molecule has 0 fully saturated rings. The number of hydrogen-bond acceptors (Lipinski definition) is 3. The van der Waals surface area contributed by atoms with Crippen molar-refractivity contribution in [2.45, 2.75) is 13.3 Å². The van der Waals surface area contributed by atoms with Gasteiger partial charge in [0.25, 0.3) is 5.91 Å². The molecule has 0 aromatic heterocycles. The van der Waals surface area contributed by atoms with Crippen LogP contribution in [0.5, 0.6) is 0 Å². The van der Waals surface area contributed by atoms with Crippen molar-refractivity contribution < 1.29 is 19.1 Å². The summed E-state index contributed by atoms with van der Waals surface area (Å²) in [6, 6.07) is 3.52. The Kier molecular flexibility index (Phi) is 4.65. The summed E-state index contributed by atoms with van der Waals surface area (Å²) in [6.07, 6.45) is 0.302. The number of carboxylic acids is 1. The van der Waals surface area contributed by atoms with E-state index in [0.29, 0.717) is 6.42 Å². The van der Waals surface area contributed by atoms with Crippen LogP contribution < -0.4 is 11.1 Å². The van der Waals surface area contributed by atoms with E-state index >= 15 is 0 Å². The summed E-state index contributed by atoms with van der Waals surface area (Å²) in [5.74, 6) is -2.53. The molecule has 4 N–H and O–H groups in total. The highest BCUT2D eigenvalue weighted by atomic mass is 19.1. The molecule has 0 radical (unpaired) electrons. The van der Waals surface area contributed by atoms with E-state index in [4.69, 9.17) is 10.8 Å². The van der Waals surface area contributed by atoms with Gasteiger partial charge in [-0.2, -0.15) is 0 Å². The summed E-state index contributed by atoms with van der Waals surface area (Å²) in [7, 11) is 0. The summed E-state index contributed by atoms with van der Waals surface area (Å²) in [5.41, 5.74) is 5.78. The lowest BCUT2D eigenvalue weighted by molar-refractivity contribution is -0.141. The molecule has 1 atom stereocenters. The van der Waals surface area contributed by atoms with Crippen LogP contribution in [0.3, 0.4) is 0 Å². The molecule has 1 aromatic carbocycles. The molecule has 1 aromatic rings. The monoisotopic (exact) mass is 254 g/mol. The third-order valence-corrected chi connectivity index (χ3v) is 2.54. The van der Waals surface area contributed by atoms with Gasteiger partial charge < -0.3 is 16.2 Å². The lowest BCUT2D eigenvalue weighted by Crippen LogP contribution is -2.27. The summed E-state index contributed by atoms with van der Waals surface area (Å²) >= 11 is 0. The normalized spacial score (nSPS) is 11.9. The highest BCUT2D eigenvalue weighted by Gasteiger charge is 2.13. The number of hydrogen-bond donors (Lipinski definition) is 3. The molecule has 0 bridgehead atoms. The SMILES string of the molecule is CC(CCNC(=O)c1cc(F)ccc1N)C(=O)O. The minimum Gasteiger partial charge on any atom is -0.481 e. The summed E-state index contributed by atoms with van der Waals surface area (Å²) in [5, 5.41) is 11.2. The van der Waals surface area contributed by atoms with E-state index in [0.717, 1.165) is 6.07 Å². The van der Waals surface area contributed by atoms with Crippen molar-refractivity contribution in [1.29, 1.82) is 0 Å². The zero-order valence-corrected chi connectivity index (χ0v) is 9.94. The zero-order valence-electron chi connectivity index (χ0n) is 9.94. The topological polar surface area (TPSA) is 92.4 Å². The highest BCUT2D eigenvalue weighted by Crippen LogP contribution is 2.13. The van der Waals surface area contributed by atoms with Crippen LogP contribution in [-0.2, 0) is 4.79 Å². The Morgan fingerprint density at radius 3 is 2.78 bits per heavy atom. The molecule has 0 saturated heterocycles. The van der Waals surface area contributed by atoms with Gasteiger partial charge in [-0.1, -0.05) is 6.92 Å². The number of carbonyl (C=O) groups is 2. The average molecular weight is 254 g/mol. The van der Waals surface area contributed by atoms with Crippen LogP contribution in [0.15, 0.2) is 18.2 Å². The van der Waals surface area contributed by atoms with Crippen LogP contribution in [0.4, 0.5) is 10.1 Å². The van der Waals surface area contributed by atoms with Crippen molar-refractivity contribution in [3.63, 3.8) is 0 Å². The molecule has 0 aliphatic heterocycles. The summed E-state index contributed by atoms with van der Waals surface area (Å²) in [4.78, 5) is 22.2. The van der Waals surface area contributed by atoms with Crippen LogP contribution in [0.1, 0.15) is 23.7 Å². The van der Waals surface area contributed by atoms with Crippen LogP contribution in [0.25, 0.3) is 0 Å². The quantitative estimate of drug-likeness (QED) is 0.689. The predicted molar refractivity (Wildman–Crippen MR) is 64.6 cm³/mol. The van der Waals surface area contributed by atoms with Crippen LogP contribution in [0, 0.1) is 11.7 Å². The fraction of sp³-hybridized carbons (Fsp3) is 0.333. The second kappa shape index (κ2) is 6.00. The molecule has 0 heterocycles. The third-order valence-electron chi connectivity index (χ3n) is 2.54. The van der Waals surface area contributed by atoms with Crippen molar-refractivity contribution in [3.05, 3.63) is 29.6 Å². The van der Waals surface area contributed by atoms with E-state index in [1.807, 2.05) is 0 Å². The minimum atomic E-state index is -0.922. The fourth-order valence-electron chi connectivity index (χ4n) is 1.35. The molecule has 1 unspecified atom stereocenters. The van der Waals surface area contributed by atoms with Gasteiger partial charge in [-0.15, -0.1) is 0 Å². The molecule has 6 heteroatoms. The van der Waals surface area contributed by atoms with Gasteiger partial charge in [0, 0.05) is 12.2 Å². The molecule has 0 aliphatic rings. The molecule has 98 valence electrons. The molecule has 1 amide bonds. The van der Waals surface area contributed by atoms with Gasteiger partial charge in [0.2, 0.25) is 0 Å². The standard InChI is InChI=1S/C12H15FN2O3/c1-7(12(17)18)4-5-15-11(16)9-6-8(13)2-3-10(9)14/h2-3,6-7H,4-5,14H2,1H3,(H,15,16)(H,17,18). The maximum atomic E-state index is 13.0. The molecule has 5 nitrogen and oxygen atoms in total. The zero-order chi connectivity index (χ0) is 13.7. The van der Waals surface area contributed by atoms with E-state index < -0.39 is 23.6 Å². The number of nitrogens with two attached hydrogens (primary N) is 1. The Labute approximate surface area is 104 Å². The molecule has 1 rings (SSSR count). The lowest BCUT2D eigenvalue weighted by atomic mass is 10.1. The number of benzene rings is 1. The van der Waals surface area contributed by atoms with Crippen molar-refractivity contribution in [3.8, 4) is 0 Å². The highest BCUT2D eigenvalue weighted by molar-refractivity contribution is 5.99. The van der Waals surface area contributed by atoms with E-state index in [9.17, 15) is 14.0 Å². The largest absolute Gasteiger partial charge is 0.481 e. The van der Waals surface area contributed by atoms with Gasteiger partial charge in [-0.3, -0.25) is 9.59 Å². The maximum Gasteiger partial charge on any atom is 0.306 e. The first-order valence-electron chi connectivity index (χ1n) is 5.48. The fourth-order valence-corrected chi connectivity index (χ4v) is 1.35. The van der Waals surface area contributed by atoms with Crippen molar-refractivity contribution in [2.75, 3.05) is 12.3 Å². The number of amides is 1. The molecule has 18 heavy (non-hydrogen) atoms. The second-order valence-corrected chi connectivity index (χ2v) is 4.02. The van der Waals surface area contributed by atoms with E-state index in [-0.39, 0.29) is 17.8 Å². The Morgan fingerprint density at radius 1 is 1.50 bits per heavy atom.